The number of phenols is 3. The van der Waals surface area contributed by atoms with Gasteiger partial charge in [-0.15, -0.1) is 0 Å². The van der Waals surface area contributed by atoms with E-state index >= 15 is 0 Å². The predicted molar refractivity (Wildman–Crippen MR) is 65.4 cm³/mol. The van der Waals surface area contributed by atoms with Crippen LogP contribution in [-0.2, 0) is 6.42 Å². The fourth-order valence-electron chi connectivity index (χ4n) is 1.80. The lowest BCUT2D eigenvalue weighted by molar-refractivity contribution is 0.455. The molecule has 0 saturated carbocycles. The molecule has 2 aromatic rings. The van der Waals surface area contributed by atoms with Crippen LogP contribution >= 0.6 is 0 Å². The molecule has 0 heterocycles. The molecule has 0 fully saturated rings. The Kier molecular flexibility index (Phi) is 2.91. The Labute approximate surface area is 99.6 Å². The summed E-state index contributed by atoms with van der Waals surface area (Å²) in [7, 11) is 0. The van der Waals surface area contributed by atoms with Gasteiger partial charge in [-0.25, -0.2) is 0 Å². The van der Waals surface area contributed by atoms with Crippen molar-refractivity contribution in [2.75, 3.05) is 0 Å². The highest BCUT2D eigenvalue weighted by Gasteiger charge is 2.06. The van der Waals surface area contributed by atoms with Gasteiger partial charge in [0, 0.05) is 12.0 Å². The molecule has 0 amide bonds. The van der Waals surface area contributed by atoms with Gasteiger partial charge in [0.1, 0.15) is 17.2 Å². The Hall–Kier alpha value is -2.16. The van der Waals surface area contributed by atoms with Crippen LogP contribution in [0.15, 0.2) is 36.4 Å². The molecule has 0 aromatic heterocycles. The third-order valence-electron chi connectivity index (χ3n) is 2.77. The maximum absolute atomic E-state index is 9.68. The zero-order chi connectivity index (χ0) is 12.4. The topological polar surface area (TPSA) is 60.7 Å². The fraction of sp³-hybridized carbons (Fsp3) is 0.143. The molecule has 0 aliphatic carbocycles. The van der Waals surface area contributed by atoms with E-state index in [0.29, 0.717) is 12.0 Å². The van der Waals surface area contributed by atoms with Crippen molar-refractivity contribution in [3.63, 3.8) is 0 Å². The van der Waals surface area contributed by atoms with Crippen LogP contribution in [0.3, 0.4) is 0 Å². The van der Waals surface area contributed by atoms with Gasteiger partial charge in [-0.05, 0) is 48.4 Å². The van der Waals surface area contributed by atoms with Crippen LogP contribution in [0.25, 0.3) is 0 Å². The standard InChI is InChI=1S/C14H14O3/c1-9-6-12(15)3-2-10(9)7-11-8-13(16)4-5-14(11)17/h2-6,8,15-17H,7H2,1H3. The predicted octanol–water partition coefficient (Wildman–Crippen LogP) is 2.70. The summed E-state index contributed by atoms with van der Waals surface area (Å²) >= 11 is 0. The Bertz CT molecular complexity index is 547. The van der Waals surface area contributed by atoms with Crippen LogP contribution < -0.4 is 0 Å². The molecule has 0 radical (unpaired) electrons. The van der Waals surface area contributed by atoms with Gasteiger partial charge in [-0.2, -0.15) is 0 Å². The first-order valence-electron chi connectivity index (χ1n) is 5.35. The van der Waals surface area contributed by atoms with E-state index in [0.717, 1.165) is 11.1 Å². The molecule has 0 atom stereocenters. The fourth-order valence-corrected chi connectivity index (χ4v) is 1.80. The number of phenolic OH excluding ortho intramolecular Hbond substituents is 3. The third-order valence-corrected chi connectivity index (χ3v) is 2.77. The molecule has 3 nitrogen and oxygen atoms in total. The van der Waals surface area contributed by atoms with Gasteiger partial charge in [0.25, 0.3) is 0 Å². The van der Waals surface area contributed by atoms with Crippen LogP contribution in [0.4, 0.5) is 0 Å². The summed E-state index contributed by atoms with van der Waals surface area (Å²) in [6, 6.07) is 9.57. The van der Waals surface area contributed by atoms with Crippen LogP contribution in [0.5, 0.6) is 17.2 Å². The van der Waals surface area contributed by atoms with Crippen LogP contribution in [0, 0.1) is 6.92 Å². The number of rotatable bonds is 2. The lowest BCUT2D eigenvalue weighted by Crippen LogP contribution is -1.92. The molecule has 0 bridgehead atoms. The number of benzene rings is 2. The highest BCUT2D eigenvalue weighted by atomic mass is 16.3. The van der Waals surface area contributed by atoms with Crippen molar-refractivity contribution in [1.29, 1.82) is 0 Å². The molecule has 2 rings (SSSR count). The van der Waals surface area contributed by atoms with E-state index in [-0.39, 0.29) is 17.2 Å². The minimum Gasteiger partial charge on any atom is -0.508 e. The molecule has 17 heavy (non-hydrogen) atoms. The Morgan fingerprint density at radius 2 is 1.47 bits per heavy atom. The maximum Gasteiger partial charge on any atom is 0.119 e. The number of aromatic hydroxyl groups is 3. The summed E-state index contributed by atoms with van der Waals surface area (Å²) in [6.07, 6.45) is 0.520. The SMILES string of the molecule is Cc1cc(O)ccc1Cc1cc(O)ccc1O. The zero-order valence-electron chi connectivity index (χ0n) is 9.51. The molecule has 0 aliphatic rings. The summed E-state index contributed by atoms with van der Waals surface area (Å²) < 4.78 is 0. The second-order valence-electron chi connectivity index (χ2n) is 4.10. The number of hydrogen-bond donors (Lipinski definition) is 3. The first kappa shape index (κ1) is 11.3. The molecule has 3 heteroatoms. The van der Waals surface area contributed by atoms with Gasteiger partial charge >= 0.3 is 0 Å². The summed E-state index contributed by atoms with van der Waals surface area (Å²) in [4.78, 5) is 0. The van der Waals surface area contributed by atoms with E-state index in [1.807, 2.05) is 13.0 Å². The molecular formula is C14H14O3. The quantitative estimate of drug-likeness (QED) is 0.695. The van der Waals surface area contributed by atoms with Crippen LogP contribution in [-0.4, -0.2) is 15.3 Å². The smallest absolute Gasteiger partial charge is 0.119 e. The van der Waals surface area contributed by atoms with Crippen molar-refractivity contribution >= 4 is 0 Å². The van der Waals surface area contributed by atoms with E-state index in [4.69, 9.17) is 0 Å². The lowest BCUT2D eigenvalue weighted by Gasteiger charge is -2.08. The van der Waals surface area contributed by atoms with Crippen LogP contribution in [0.1, 0.15) is 16.7 Å². The molecule has 0 aliphatic heterocycles. The molecule has 0 saturated heterocycles. The zero-order valence-corrected chi connectivity index (χ0v) is 9.51. The van der Waals surface area contributed by atoms with E-state index in [2.05, 4.69) is 0 Å². The van der Waals surface area contributed by atoms with Gasteiger partial charge in [-0.1, -0.05) is 6.07 Å². The summed E-state index contributed by atoms with van der Waals surface area (Å²) in [6.45, 7) is 1.90. The van der Waals surface area contributed by atoms with E-state index in [1.165, 1.54) is 12.1 Å². The van der Waals surface area contributed by atoms with Gasteiger partial charge in [0.05, 0.1) is 0 Å². The molecule has 2 aromatic carbocycles. The second-order valence-corrected chi connectivity index (χ2v) is 4.10. The average molecular weight is 230 g/mol. The Morgan fingerprint density at radius 1 is 0.824 bits per heavy atom. The molecule has 3 N–H and O–H groups in total. The molecule has 0 unspecified atom stereocenters. The van der Waals surface area contributed by atoms with Gasteiger partial charge in [0.2, 0.25) is 0 Å². The summed E-state index contributed by atoms with van der Waals surface area (Å²) in [5.41, 5.74) is 2.62. The third kappa shape index (κ3) is 2.50. The molecular weight excluding hydrogens is 216 g/mol. The molecule has 88 valence electrons. The van der Waals surface area contributed by atoms with Gasteiger partial charge in [0.15, 0.2) is 0 Å². The number of aryl methyl sites for hydroxylation is 1. The van der Waals surface area contributed by atoms with Crippen molar-refractivity contribution in [3.05, 3.63) is 53.1 Å². The first-order valence-corrected chi connectivity index (χ1v) is 5.35. The summed E-state index contributed by atoms with van der Waals surface area (Å²) in [5.74, 6) is 0.524. The Morgan fingerprint density at radius 3 is 2.18 bits per heavy atom. The maximum atomic E-state index is 9.68. The minimum absolute atomic E-state index is 0.134. The number of hydrogen-bond acceptors (Lipinski definition) is 3. The van der Waals surface area contributed by atoms with Crippen molar-refractivity contribution in [1.82, 2.24) is 0 Å². The first-order chi connectivity index (χ1) is 8.06. The van der Waals surface area contributed by atoms with E-state index < -0.39 is 0 Å². The highest BCUT2D eigenvalue weighted by Crippen LogP contribution is 2.26. The summed E-state index contributed by atoms with van der Waals surface area (Å²) in [5, 5.41) is 28.4. The average Bonchev–Trinajstić information content (AvgIpc) is 2.27. The minimum atomic E-state index is 0.134. The van der Waals surface area contributed by atoms with E-state index in [1.54, 1.807) is 18.2 Å². The van der Waals surface area contributed by atoms with Crippen molar-refractivity contribution in [3.8, 4) is 17.2 Å². The molecule has 0 spiro atoms. The van der Waals surface area contributed by atoms with Crippen molar-refractivity contribution in [2.45, 2.75) is 13.3 Å². The van der Waals surface area contributed by atoms with Crippen LogP contribution in [0.2, 0.25) is 0 Å². The van der Waals surface area contributed by atoms with Crippen molar-refractivity contribution < 1.29 is 15.3 Å². The monoisotopic (exact) mass is 230 g/mol. The lowest BCUT2D eigenvalue weighted by atomic mass is 9.99. The van der Waals surface area contributed by atoms with E-state index in [9.17, 15) is 15.3 Å². The Balaban J connectivity index is 2.34. The normalized spacial score (nSPS) is 10.4. The van der Waals surface area contributed by atoms with Gasteiger partial charge in [-0.3, -0.25) is 0 Å². The highest BCUT2D eigenvalue weighted by molar-refractivity contribution is 5.44. The van der Waals surface area contributed by atoms with Gasteiger partial charge < -0.3 is 15.3 Å². The second kappa shape index (κ2) is 4.37. The largest absolute Gasteiger partial charge is 0.508 e. The van der Waals surface area contributed by atoms with Crippen molar-refractivity contribution in [2.24, 2.45) is 0 Å².